The summed E-state index contributed by atoms with van der Waals surface area (Å²) in [6.07, 6.45) is 0. The Balaban J connectivity index is 1.61. The lowest BCUT2D eigenvalue weighted by Gasteiger charge is -2.27. The molecule has 230 valence electrons. The second-order valence-electron chi connectivity index (χ2n) is 10.7. The maximum Gasteiger partial charge on any atom is 0.276 e. The summed E-state index contributed by atoms with van der Waals surface area (Å²) in [4.78, 5) is 43.7. The molecule has 0 saturated carbocycles. The number of anilines is 1. The van der Waals surface area contributed by atoms with E-state index in [0.717, 1.165) is 0 Å². The summed E-state index contributed by atoms with van der Waals surface area (Å²) in [5.74, 6) is 1.29. The molecule has 0 spiro atoms. The highest BCUT2D eigenvalue weighted by Crippen LogP contribution is 2.42. The fourth-order valence-electron chi connectivity index (χ4n) is 5.99. The number of aromatic amines is 2. The van der Waals surface area contributed by atoms with Gasteiger partial charge in [0, 0.05) is 11.4 Å². The van der Waals surface area contributed by atoms with E-state index in [1.54, 1.807) is 115 Å². The number of rotatable bonds is 8. The molecule has 3 heterocycles. The summed E-state index contributed by atoms with van der Waals surface area (Å²) in [7, 11) is 4.67. The molecule has 0 aliphatic carbocycles. The molecule has 12 heteroatoms. The quantitative estimate of drug-likeness (QED) is 0.273. The number of methoxy groups -OCH3 is 3. The molecule has 1 aliphatic rings. The normalized spacial score (nSPS) is 14.0. The van der Waals surface area contributed by atoms with Crippen LogP contribution in [0.15, 0.2) is 87.5 Å². The number of nitrogens with zero attached hydrogens (tertiary/aromatic N) is 4. The minimum absolute atomic E-state index is 0.0988. The maximum atomic E-state index is 14.9. The van der Waals surface area contributed by atoms with Crippen molar-refractivity contribution in [3.8, 4) is 28.6 Å². The predicted octanol–water partition coefficient (Wildman–Crippen LogP) is 4.00. The molecule has 12 nitrogen and oxygen atoms in total. The molecular formula is C33H32N6O6. The van der Waals surface area contributed by atoms with Crippen LogP contribution in [0.1, 0.15) is 29.4 Å². The highest BCUT2D eigenvalue weighted by molar-refractivity contribution is 6.25. The van der Waals surface area contributed by atoms with Gasteiger partial charge in [0.05, 0.1) is 55.2 Å². The number of amides is 1. The molecule has 2 aromatic heterocycles. The Hall–Kier alpha value is -5.78. The van der Waals surface area contributed by atoms with Crippen LogP contribution in [0.3, 0.4) is 0 Å². The third-order valence-corrected chi connectivity index (χ3v) is 8.18. The van der Waals surface area contributed by atoms with Gasteiger partial charge in [0.25, 0.3) is 17.0 Å². The van der Waals surface area contributed by atoms with E-state index >= 15 is 0 Å². The Kier molecular flexibility index (Phi) is 7.19. The van der Waals surface area contributed by atoms with Crippen molar-refractivity contribution < 1.29 is 19.0 Å². The molecule has 5 aromatic rings. The first-order chi connectivity index (χ1) is 21.6. The summed E-state index contributed by atoms with van der Waals surface area (Å²) in [5, 5.41) is 12.2. The van der Waals surface area contributed by atoms with Gasteiger partial charge in [-0.2, -0.15) is 10.1 Å². The van der Waals surface area contributed by atoms with Crippen molar-refractivity contribution in [2.24, 2.45) is 5.10 Å². The molecule has 3 aromatic carbocycles. The first-order valence-electron chi connectivity index (χ1n) is 14.1. The van der Waals surface area contributed by atoms with Gasteiger partial charge >= 0.3 is 0 Å². The zero-order valence-corrected chi connectivity index (χ0v) is 25.7. The molecule has 1 aliphatic heterocycles. The fourth-order valence-corrected chi connectivity index (χ4v) is 5.99. The van der Waals surface area contributed by atoms with E-state index in [-0.39, 0.29) is 16.8 Å². The van der Waals surface area contributed by atoms with Crippen LogP contribution in [0.4, 0.5) is 5.69 Å². The third-order valence-electron chi connectivity index (χ3n) is 8.18. The zero-order chi connectivity index (χ0) is 32.0. The number of benzene rings is 3. The Morgan fingerprint density at radius 1 is 0.578 bits per heavy atom. The minimum Gasteiger partial charge on any atom is -0.497 e. The van der Waals surface area contributed by atoms with Gasteiger partial charge in [-0.25, -0.2) is 9.36 Å². The summed E-state index contributed by atoms with van der Waals surface area (Å²) in [6, 6.07) is 20.7. The van der Waals surface area contributed by atoms with Crippen LogP contribution >= 0.6 is 0 Å². The Labute approximate surface area is 258 Å². The van der Waals surface area contributed by atoms with Crippen LogP contribution in [-0.4, -0.2) is 52.5 Å². The number of aryl methyl sites for hydroxylation is 2. The maximum absolute atomic E-state index is 14.9. The molecule has 0 bridgehead atoms. The van der Waals surface area contributed by atoms with E-state index < -0.39 is 22.4 Å². The van der Waals surface area contributed by atoms with Crippen molar-refractivity contribution in [2.75, 3.05) is 26.3 Å². The zero-order valence-electron chi connectivity index (χ0n) is 25.7. The van der Waals surface area contributed by atoms with Gasteiger partial charge in [0.1, 0.15) is 17.2 Å². The van der Waals surface area contributed by atoms with Gasteiger partial charge in [0.2, 0.25) is 0 Å². The highest BCUT2D eigenvalue weighted by Gasteiger charge is 2.58. The van der Waals surface area contributed by atoms with Gasteiger partial charge in [-0.05, 0) is 93.6 Å². The Bertz CT molecular complexity index is 1940. The van der Waals surface area contributed by atoms with Crippen LogP contribution in [-0.2, 0) is 10.2 Å². The molecule has 45 heavy (non-hydrogen) atoms. The van der Waals surface area contributed by atoms with E-state index in [9.17, 15) is 14.4 Å². The predicted molar refractivity (Wildman–Crippen MR) is 170 cm³/mol. The Morgan fingerprint density at radius 3 is 1.29 bits per heavy atom. The SMILES string of the molecule is COc1ccc(N2N=C(C)C(c3c(C)[nH]n(-c4ccc(OC)cc4)c3=O)(c3c(C)[nH]n(-c4ccc(OC)cc4)c3=O)C2=O)cc1. The summed E-state index contributed by atoms with van der Waals surface area (Å²) in [5.41, 5.74) is -0.0513. The van der Waals surface area contributed by atoms with Gasteiger partial charge in [-0.3, -0.25) is 24.6 Å². The second-order valence-corrected chi connectivity index (χ2v) is 10.7. The lowest BCUT2D eigenvalue weighted by Crippen LogP contribution is -2.50. The fraction of sp³-hybridized carbons (Fsp3) is 0.212. The summed E-state index contributed by atoms with van der Waals surface area (Å²) >= 11 is 0. The number of H-pyrrole nitrogens is 2. The third kappa shape index (κ3) is 4.44. The smallest absolute Gasteiger partial charge is 0.276 e. The molecule has 0 saturated heterocycles. The van der Waals surface area contributed by atoms with Crippen LogP contribution < -0.4 is 30.3 Å². The van der Waals surface area contributed by atoms with Crippen molar-refractivity contribution in [3.05, 3.63) is 116 Å². The summed E-state index contributed by atoms with van der Waals surface area (Å²) < 4.78 is 18.5. The lowest BCUT2D eigenvalue weighted by molar-refractivity contribution is -0.120. The van der Waals surface area contributed by atoms with E-state index in [0.29, 0.717) is 45.7 Å². The van der Waals surface area contributed by atoms with E-state index in [4.69, 9.17) is 14.2 Å². The Morgan fingerprint density at radius 2 is 0.933 bits per heavy atom. The van der Waals surface area contributed by atoms with Gasteiger partial charge in [-0.1, -0.05) is 0 Å². The first-order valence-corrected chi connectivity index (χ1v) is 14.1. The highest BCUT2D eigenvalue weighted by atomic mass is 16.5. The van der Waals surface area contributed by atoms with Crippen LogP contribution in [0, 0.1) is 13.8 Å². The van der Waals surface area contributed by atoms with Gasteiger partial charge in [0.15, 0.2) is 5.41 Å². The van der Waals surface area contributed by atoms with Crippen LogP contribution in [0.25, 0.3) is 11.4 Å². The average molecular weight is 609 g/mol. The monoisotopic (exact) mass is 608 g/mol. The number of nitrogens with one attached hydrogen (secondary N) is 2. The number of hydrogen-bond donors (Lipinski definition) is 2. The van der Waals surface area contributed by atoms with Crippen molar-refractivity contribution in [3.63, 3.8) is 0 Å². The molecule has 6 rings (SSSR count). The number of ether oxygens (including phenoxy) is 3. The minimum atomic E-state index is -1.86. The van der Waals surface area contributed by atoms with Gasteiger partial charge in [-0.15, -0.1) is 0 Å². The average Bonchev–Trinajstić information content (AvgIpc) is 3.63. The summed E-state index contributed by atoms with van der Waals surface area (Å²) in [6.45, 7) is 5.08. The molecule has 0 fully saturated rings. The second kappa shape index (κ2) is 11.1. The van der Waals surface area contributed by atoms with Crippen molar-refractivity contribution in [1.29, 1.82) is 0 Å². The van der Waals surface area contributed by atoms with Crippen molar-refractivity contribution >= 4 is 17.3 Å². The number of aromatic nitrogens is 4. The number of hydrazone groups is 1. The molecule has 0 unspecified atom stereocenters. The van der Waals surface area contributed by atoms with Crippen LogP contribution in [0.5, 0.6) is 17.2 Å². The standard InChI is InChI=1S/C33H32N6O6/c1-19-28(30(40)37(34-19)22-7-13-25(43-4)14-8-22)33(21(3)36-39(32(33)42)24-11-17-27(45-6)18-12-24)29-20(2)35-38(31(29)41)23-9-15-26(44-5)16-10-23/h7-18,34-35H,1-6H3. The molecular weight excluding hydrogens is 576 g/mol. The molecule has 0 radical (unpaired) electrons. The van der Waals surface area contributed by atoms with E-state index in [2.05, 4.69) is 15.3 Å². The topological polar surface area (TPSA) is 136 Å². The van der Waals surface area contributed by atoms with Crippen molar-refractivity contribution in [2.45, 2.75) is 26.2 Å². The number of carbonyl (C=O) groups excluding carboxylic acids is 1. The lowest BCUT2D eigenvalue weighted by atomic mass is 9.71. The number of hydrogen-bond acceptors (Lipinski definition) is 7. The van der Waals surface area contributed by atoms with Gasteiger partial charge < -0.3 is 14.2 Å². The van der Waals surface area contributed by atoms with Crippen LogP contribution in [0.2, 0.25) is 0 Å². The van der Waals surface area contributed by atoms with E-state index in [1.807, 2.05) is 0 Å². The largest absolute Gasteiger partial charge is 0.497 e. The molecule has 0 atom stereocenters. The number of carbonyl (C=O) groups is 1. The molecule has 2 N–H and O–H groups in total. The van der Waals surface area contributed by atoms with Crippen molar-refractivity contribution in [1.82, 2.24) is 19.6 Å². The van der Waals surface area contributed by atoms with E-state index in [1.165, 1.54) is 14.4 Å². The first kappa shape index (κ1) is 29.3. The molecule has 1 amide bonds.